The SMILES string of the molecule is NC(=O)CNc1ncncn1. The summed E-state index contributed by atoms with van der Waals surface area (Å²) < 4.78 is 0. The minimum absolute atomic E-state index is 0.0318. The zero-order valence-corrected chi connectivity index (χ0v) is 5.69. The first-order valence-electron chi connectivity index (χ1n) is 2.93. The van der Waals surface area contributed by atoms with Gasteiger partial charge in [0.1, 0.15) is 12.7 Å². The molecule has 0 aliphatic heterocycles. The zero-order chi connectivity index (χ0) is 8.10. The highest BCUT2D eigenvalue weighted by atomic mass is 16.1. The molecule has 0 saturated heterocycles. The number of primary amides is 1. The first-order chi connectivity index (χ1) is 5.29. The summed E-state index contributed by atoms with van der Waals surface area (Å²) >= 11 is 0. The predicted molar refractivity (Wildman–Crippen MR) is 37.5 cm³/mol. The van der Waals surface area contributed by atoms with Gasteiger partial charge in [-0.1, -0.05) is 0 Å². The van der Waals surface area contributed by atoms with E-state index in [1.807, 2.05) is 0 Å². The summed E-state index contributed by atoms with van der Waals surface area (Å²) in [5, 5.41) is 2.61. The zero-order valence-electron chi connectivity index (χ0n) is 5.69. The van der Waals surface area contributed by atoms with Crippen LogP contribution in [0, 0.1) is 0 Å². The standard InChI is InChI=1S/C5H7N5O/c6-4(11)1-8-5-9-2-7-3-10-5/h2-3H,1H2,(H2,6,11)(H,7,8,9,10). The summed E-state index contributed by atoms with van der Waals surface area (Å²) in [4.78, 5) is 21.3. The van der Waals surface area contributed by atoms with Crippen molar-refractivity contribution < 1.29 is 4.79 Å². The number of aromatic nitrogens is 3. The van der Waals surface area contributed by atoms with Gasteiger partial charge < -0.3 is 11.1 Å². The molecule has 0 aromatic carbocycles. The van der Waals surface area contributed by atoms with E-state index in [-0.39, 0.29) is 6.54 Å². The van der Waals surface area contributed by atoms with E-state index in [4.69, 9.17) is 5.73 Å². The van der Waals surface area contributed by atoms with Crippen LogP contribution in [0.15, 0.2) is 12.7 Å². The first-order valence-corrected chi connectivity index (χ1v) is 2.93. The Morgan fingerprint density at radius 3 is 2.73 bits per heavy atom. The molecule has 0 saturated carbocycles. The van der Waals surface area contributed by atoms with Crippen molar-refractivity contribution in [3.8, 4) is 0 Å². The van der Waals surface area contributed by atoms with Crippen molar-refractivity contribution in [2.24, 2.45) is 5.73 Å². The average Bonchev–Trinajstić information content (AvgIpc) is 2.03. The summed E-state index contributed by atoms with van der Waals surface area (Å²) in [6.45, 7) is 0.0318. The van der Waals surface area contributed by atoms with E-state index in [0.29, 0.717) is 5.95 Å². The molecule has 6 nitrogen and oxygen atoms in total. The van der Waals surface area contributed by atoms with Crippen LogP contribution in [0.5, 0.6) is 0 Å². The van der Waals surface area contributed by atoms with Crippen LogP contribution >= 0.6 is 0 Å². The Morgan fingerprint density at radius 1 is 1.55 bits per heavy atom. The van der Waals surface area contributed by atoms with Gasteiger partial charge in [0.15, 0.2) is 0 Å². The molecule has 0 aliphatic rings. The molecule has 1 rings (SSSR count). The first kappa shape index (κ1) is 7.39. The van der Waals surface area contributed by atoms with Crippen LogP contribution in [0.1, 0.15) is 0 Å². The van der Waals surface area contributed by atoms with Crippen molar-refractivity contribution in [2.75, 3.05) is 11.9 Å². The molecular formula is C5H7N5O. The lowest BCUT2D eigenvalue weighted by Gasteiger charge is -1.98. The molecule has 1 heterocycles. The molecule has 0 atom stereocenters. The number of rotatable bonds is 3. The Morgan fingerprint density at radius 2 is 2.18 bits per heavy atom. The fraction of sp³-hybridized carbons (Fsp3) is 0.200. The minimum Gasteiger partial charge on any atom is -0.368 e. The summed E-state index contributed by atoms with van der Waals surface area (Å²) in [6.07, 6.45) is 2.66. The van der Waals surface area contributed by atoms with Gasteiger partial charge in [0.25, 0.3) is 0 Å². The van der Waals surface area contributed by atoms with Crippen molar-refractivity contribution in [2.45, 2.75) is 0 Å². The van der Waals surface area contributed by atoms with Crippen LogP contribution in [0.4, 0.5) is 5.95 Å². The Bertz CT molecular complexity index is 236. The third-order valence-corrected chi connectivity index (χ3v) is 0.914. The Labute approximate surface area is 62.9 Å². The number of nitrogens with zero attached hydrogens (tertiary/aromatic N) is 3. The van der Waals surface area contributed by atoms with E-state index in [9.17, 15) is 4.79 Å². The van der Waals surface area contributed by atoms with Crippen LogP contribution in [0.3, 0.4) is 0 Å². The van der Waals surface area contributed by atoms with Gasteiger partial charge in [-0.25, -0.2) is 15.0 Å². The number of carbonyl (C=O) groups excluding carboxylic acids is 1. The average molecular weight is 153 g/mol. The van der Waals surface area contributed by atoms with Crippen molar-refractivity contribution in [1.29, 1.82) is 0 Å². The van der Waals surface area contributed by atoms with Crippen LogP contribution < -0.4 is 11.1 Å². The van der Waals surface area contributed by atoms with Crippen molar-refractivity contribution in [3.63, 3.8) is 0 Å². The maximum Gasteiger partial charge on any atom is 0.236 e. The smallest absolute Gasteiger partial charge is 0.236 e. The second kappa shape index (κ2) is 3.45. The minimum atomic E-state index is -0.453. The Kier molecular flexibility index (Phi) is 2.32. The highest BCUT2D eigenvalue weighted by molar-refractivity contribution is 5.78. The molecule has 0 bridgehead atoms. The lowest BCUT2D eigenvalue weighted by molar-refractivity contribution is -0.116. The van der Waals surface area contributed by atoms with E-state index in [2.05, 4.69) is 20.3 Å². The van der Waals surface area contributed by atoms with Gasteiger partial charge in [-0.15, -0.1) is 0 Å². The molecule has 1 aromatic heterocycles. The van der Waals surface area contributed by atoms with Crippen molar-refractivity contribution >= 4 is 11.9 Å². The second-order valence-electron chi connectivity index (χ2n) is 1.78. The molecule has 58 valence electrons. The number of amides is 1. The van der Waals surface area contributed by atoms with E-state index < -0.39 is 5.91 Å². The van der Waals surface area contributed by atoms with E-state index in [0.717, 1.165) is 0 Å². The van der Waals surface area contributed by atoms with Crippen LogP contribution in [-0.2, 0) is 4.79 Å². The third-order valence-electron chi connectivity index (χ3n) is 0.914. The predicted octanol–water partition coefficient (Wildman–Crippen LogP) is -1.23. The number of nitrogens with one attached hydrogen (secondary N) is 1. The van der Waals surface area contributed by atoms with E-state index in [1.54, 1.807) is 0 Å². The topological polar surface area (TPSA) is 93.8 Å². The summed E-state index contributed by atoms with van der Waals surface area (Å²) in [6, 6.07) is 0. The largest absolute Gasteiger partial charge is 0.368 e. The van der Waals surface area contributed by atoms with Gasteiger partial charge in [0.05, 0.1) is 6.54 Å². The highest BCUT2D eigenvalue weighted by Crippen LogP contribution is 1.88. The molecule has 6 heteroatoms. The third kappa shape index (κ3) is 2.57. The lowest BCUT2D eigenvalue weighted by atomic mass is 10.6. The molecule has 0 fully saturated rings. The Balaban J connectivity index is 2.45. The maximum atomic E-state index is 10.3. The fourth-order valence-corrected chi connectivity index (χ4v) is 0.497. The number of hydrogen-bond acceptors (Lipinski definition) is 5. The molecule has 1 aromatic rings. The van der Waals surface area contributed by atoms with Gasteiger partial charge in [0.2, 0.25) is 11.9 Å². The number of carbonyl (C=O) groups is 1. The van der Waals surface area contributed by atoms with E-state index >= 15 is 0 Å². The molecule has 0 spiro atoms. The van der Waals surface area contributed by atoms with Crippen molar-refractivity contribution in [3.05, 3.63) is 12.7 Å². The molecule has 0 aliphatic carbocycles. The van der Waals surface area contributed by atoms with Gasteiger partial charge in [0, 0.05) is 0 Å². The molecule has 0 radical (unpaired) electrons. The van der Waals surface area contributed by atoms with Crippen LogP contribution in [0.25, 0.3) is 0 Å². The molecule has 1 amide bonds. The lowest BCUT2D eigenvalue weighted by Crippen LogP contribution is -2.22. The Hall–Kier alpha value is -1.72. The van der Waals surface area contributed by atoms with Crippen LogP contribution in [-0.4, -0.2) is 27.4 Å². The monoisotopic (exact) mass is 153 g/mol. The van der Waals surface area contributed by atoms with Crippen LogP contribution in [0.2, 0.25) is 0 Å². The molecule has 11 heavy (non-hydrogen) atoms. The summed E-state index contributed by atoms with van der Waals surface area (Å²) in [5.74, 6) is -0.107. The van der Waals surface area contributed by atoms with Gasteiger partial charge in [-0.2, -0.15) is 0 Å². The quantitative estimate of drug-likeness (QED) is 0.567. The molecular weight excluding hydrogens is 146 g/mol. The van der Waals surface area contributed by atoms with Gasteiger partial charge in [-0.3, -0.25) is 4.79 Å². The summed E-state index contributed by atoms with van der Waals surface area (Å²) in [5.41, 5.74) is 4.87. The molecule has 3 N–H and O–H groups in total. The second-order valence-corrected chi connectivity index (χ2v) is 1.78. The maximum absolute atomic E-state index is 10.3. The summed E-state index contributed by atoms with van der Waals surface area (Å²) in [7, 11) is 0. The van der Waals surface area contributed by atoms with Gasteiger partial charge in [-0.05, 0) is 0 Å². The fourth-order valence-electron chi connectivity index (χ4n) is 0.497. The van der Waals surface area contributed by atoms with E-state index in [1.165, 1.54) is 12.7 Å². The number of nitrogens with two attached hydrogens (primary N) is 1. The highest BCUT2D eigenvalue weighted by Gasteiger charge is 1.94. The molecule has 0 unspecified atom stereocenters. The van der Waals surface area contributed by atoms with Gasteiger partial charge >= 0.3 is 0 Å². The van der Waals surface area contributed by atoms with Crippen molar-refractivity contribution in [1.82, 2.24) is 15.0 Å². The normalized spacial score (nSPS) is 9.09. The number of hydrogen-bond donors (Lipinski definition) is 2. The number of anilines is 1.